The molecular formula is C15H17Cl2NO3. The van der Waals surface area contributed by atoms with Gasteiger partial charge in [0.1, 0.15) is 0 Å². The van der Waals surface area contributed by atoms with Crippen molar-refractivity contribution in [3.63, 3.8) is 0 Å². The summed E-state index contributed by atoms with van der Waals surface area (Å²) in [6.07, 6.45) is 2.06. The first-order valence-electron chi connectivity index (χ1n) is 7.08. The van der Waals surface area contributed by atoms with Crippen molar-refractivity contribution in [1.29, 1.82) is 0 Å². The van der Waals surface area contributed by atoms with Gasteiger partial charge in [0.15, 0.2) is 5.79 Å². The number of likely N-dealkylation sites (tertiary alicyclic amines) is 1. The lowest BCUT2D eigenvalue weighted by Gasteiger charge is -2.38. The molecule has 21 heavy (non-hydrogen) atoms. The number of hydrogen-bond acceptors (Lipinski definition) is 3. The Kier molecular flexibility index (Phi) is 4.41. The Morgan fingerprint density at radius 2 is 2.00 bits per heavy atom. The molecule has 1 spiro atoms. The molecule has 1 amide bonds. The van der Waals surface area contributed by atoms with Crippen LogP contribution in [-0.4, -0.2) is 42.9 Å². The molecule has 1 aromatic carbocycles. The van der Waals surface area contributed by atoms with Crippen molar-refractivity contribution in [3.05, 3.63) is 33.8 Å². The van der Waals surface area contributed by atoms with Crippen LogP contribution in [-0.2, 0) is 20.7 Å². The Morgan fingerprint density at radius 3 is 2.71 bits per heavy atom. The third kappa shape index (κ3) is 3.34. The minimum absolute atomic E-state index is 0.0616. The number of amides is 1. The standard InChI is InChI=1S/C15H17Cl2NO3/c16-12-3-2-11(8-13(12)17)9-14(19)18-5-1-4-15(10-18)20-6-7-21-15/h2-3,8H,1,4-7,9-10H2. The fourth-order valence-corrected chi connectivity index (χ4v) is 3.19. The van der Waals surface area contributed by atoms with E-state index in [1.807, 2.05) is 11.0 Å². The van der Waals surface area contributed by atoms with E-state index in [4.69, 9.17) is 32.7 Å². The van der Waals surface area contributed by atoms with Crippen LogP contribution in [0.4, 0.5) is 0 Å². The topological polar surface area (TPSA) is 38.8 Å². The number of benzene rings is 1. The zero-order valence-electron chi connectivity index (χ0n) is 11.6. The number of piperidine rings is 1. The highest BCUT2D eigenvalue weighted by atomic mass is 35.5. The summed E-state index contributed by atoms with van der Waals surface area (Å²) < 4.78 is 11.4. The van der Waals surface area contributed by atoms with Gasteiger partial charge in [-0.15, -0.1) is 0 Å². The van der Waals surface area contributed by atoms with Crippen LogP contribution in [0.15, 0.2) is 18.2 Å². The molecule has 0 N–H and O–H groups in total. The molecule has 0 saturated carbocycles. The van der Waals surface area contributed by atoms with Crippen molar-refractivity contribution in [2.24, 2.45) is 0 Å². The lowest BCUT2D eigenvalue weighted by Crippen LogP contribution is -2.51. The minimum Gasteiger partial charge on any atom is -0.346 e. The van der Waals surface area contributed by atoms with Gasteiger partial charge in [-0.1, -0.05) is 29.3 Å². The van der Waals surface area contributed by atoms with Gasteiger partial charge in [0.05, 0.1) is 36.2 Å². The van der Waals surface area contributed by atoms with Crippen molar-refractivity contribution in [2.45, 2.75) is 25.0 Å². The van der Waals surface area contributed by atoms with Crippen LogP contribution >= 0.6 is 23.2 Å². The molecule has 0 aromatic heterocycles. The molecule has 3 rings (SSSR count). The fourth-order valence-electron chi connectivity index (χ4n) is 2.87. The Bertz CT molecular complexity index is 544. The first kappa shape index (κ1) is 15.1. The molecule has 6 heteroatoms. The van der Waals surface area contributed by atoms with Gasteiger partial charge in [0.2, 0.25) is 5.91 Å². The average Bonchev–Trinajstić information content (AvgIpc) is 2.91. The van der Waals surface area contributed by atoms with Gasteiger partial charge in [0, 0.05) is 13.0 Å². The maximum absolute atomic E-state index is 12.4. The summed E-state index contributed by atoms with van der Waals surface area (Å²) in [5, 5.41) is 0.970. The molecule has 2 aliphatic rings. The molecule has 0 radical (unpaired) electrons. The predicted molar refractivity (Wildman–Crippen MR) is 80.6 cm³/mol. The molecular weight excluding hydrogens is 313 g/mol. The van der Waals surface area contributed by atoms with Crippen molar-refractivity contribution >= 4 is 29.1 Å². The second-order valence-corrected chi connectivity index (χ2v) is 6.27. The molecule has 114 valence electrons. The van der Waals surface area contributed by atoms with E-state index in [0.29, 0.717) is 36.2 Å². The first-order valence-corrected chi connectivity index (χ1v) is 7.83. The zero-order valence-corrected chi connectivity index (χ0v) is 13.1. The molecule has 4 nitrogen and oxygen atoms in total. The summed E-state index contributed by atoms with van der Waals surface area (Å²) in [5.41, 5.74) is 0.863. The van der Waals surface area contributed by atoms with Crippen LogP contribution in [0, 0.1) is 0 Å². The van der Waals surface area contributed by atoms with Crippen LogP contribution in [0.5, 0.6) is 0 Å². The molecule has 1 aromatic rings. The molecule has 0 unspecified atom stereocenters. The third-order valence-electron chi connectivity index (χ3n) is 3.92. The summed E-state index contributed by atoms with van der Waals surface area (Å²) in [4.78, 5) is 14.3. The molecule has 2 saturated heterocycles. The van der Waals surface area contributed by atoms with Crippen LogP contribution in [0.25, 0.3) is 0 Å². The molecule has 2 aliphatic heterocycles. The maximum atomic E-state index is 12.4. The van der Waals surface area contributed by atoms with Gasteiger partial charge >= 0.3 is 0 Å². The number of carbonyl (C=O) groups excluding carboxylic acids is 1. The van der Waals surface area contributed by atoms with E-state index in [0.717, 1.165) is 24.9 Å². The van der Waals surface area contributed by atoms with E-state index < -0.39 is 5.79 Å². The number of ether oxygens (including phenoxy) is 2. The van der Waals surface area contributed by atoms with Crippen molar-refractivity contribution in [1.82, 2.24) is 4.90 Å². The number of hydrogen-bond donors (Lipinski definition) is 0. The quantitative estimate of drug-likeness (QED) is 0.837. The minimum atomic E-state index is -0.578. The lowest BCUT2D eigenvalue weighted by molar-refractivity contribution is -0.192. The highest BCUT2D eigenvalue weighted by molar-refractivity contribution is 6.42. The zero-order chi connectivity index (χ0) is 14.9. The summed E-state index contributed by atoms with van der Waals surface area (Å²) in [7, 11) is 0. The fraction of sp³-hybridized carbons (Fsp3) is 0.533. The number of rotatable bonds is 2. The van der Waals surface area contributed by atoms with Crippen molar-refractivity contribution in [2.75, 3.05) is 26.3 Å². The largest absolute Gasteiger partial charge is 0.346 e. The molecule has 0 bridgehead atoms. The van der Waals surface area contributed by atoms with E-state index in [-0.39, 0.29) is 5.91 Å². The van der Waals surface area contributed by atoms with Crippen molar-refractivity contribution < 1.29 is 14.3 Å². The van der Waals surface area contributed by atoms with Crippen LogP contribution in [0.3, 0.4) is 0 Å². The van der Waals surface area contributed by atoms with Crippen molar-refractivity contribution in [3.8, 4) is 0 Å². The van der Waals surface area contributed by atoms with E-state index in [2.05, 4.69) is 0 Å². The van der Waals surface area contributed by atoms with Gasteiger partial charge in [-0.2, -0.15) is 0 Å². The number of nitrogens with zero attached hydrogens (tertiary/aromatic N) is 1. The van der Waals surface area contributed by atoms with E-state index in [1.54, 1.807) is 12.1 Å². The molecule has 2 fully saturated rings. The maximum Gasteiger partial charge on any atom is 0.227 e. The predicted octanol–water partition coefficient (Wildman–Crippen LogP) is 2.90. The normalized spacial score (nSPS) is 21.0. The summed E-state index contributed by atoms with van der Waals surface area (Å²) in [6.45, 7) is 2.46. The first-order chi connectivity index (χ1) is 10.1. The second kappa shape index (κ2) is 6.13. The Hall–Kier alpha value is -0.810. The smallest absolute Gasteiger partial charge is 0.227 e. The lowest BCUT2D eigenvalue weighted by atomic mass is 10.0. The molecule has 0 aliphatic carbocycles. The third-order valence-corrected chi connectivity index (χ3v) is 4.66. The van der Waals surface area contributed by atoms with Gasteiger partial charge in [-0.05, 0) is 24.1 Å². The highest BCUT2D eigenvalue weighted by Gasteiger charge is 2.41. The Labute approximate surface area is 133 Å². The number of carbonyl (C=O) groups is 1. The van der Waals surface area contributed by atoms with Crippen LogP contribution in [0.2, 0.25) is 10.0 Å². The summed E-state index contributed by atoms with van der Waals surface area (Å²) in [5.74, 6) is -0.516. The van der Waals surface area contributed by atoms with Gasteiger partial charge in [-0.25, -0.2) is 0 Å². The average molecular weight is 330 g/mol. The second-order valence-electron chi connectivity index (χ2n) is 5.45. The van der Waals surface area contributed by atoms with Crippen LogP contribution in [0.1, 0.15) is 18.4 Å². The Morgan fingerprint density at radius 1 is 1.24 bits per heavy atom. The summed E-state index contributed by atoms with van der Waals surface area (Å²) >= 11 is 11.9. The van der Waals surface area contributed by atoms with E-state index in [9.17, 15) is 4.79 Å². The number of halogens is 2. The molecule has 2 heterocycles. The Balaban J connectivity index is 1.65. The monoisotopic (exact) mass is 329 g/mol. The summed E-state index contributed by atoms with van der Waals surface area (Å²) in [6, 6.07) is 5.28. The van der Waals surface area contributed by atoms with E-state index >= 15 is 0 Å². The van der Waals surface area contributed by atoms with Crippen LogP contribution < -0.4 is 0 Å². The van der Waals surface area contributed by atoms with Gasteiger partial charge < -0.3 is 14.4 Å². The SMILES string of the molecule is O=C(Cc1ccc(Cl)c(Cl)c1)N1CCCC2(C1)OCCO2. The van der Waals surface area contributed by atoms with Gasteiger partial charge in [-0.3, -0.25) is 4.79 Å². The highest BCUT2D eigenvalue weighted by Crippen LogP contribution is 2.30. The van der Waals surface area contributed by atoms with Gasteiger partial charge in [0.25, 0.3) is 0 Å². The molecule has 0 atom stereocenters. The van der Waals surface area contributed by atoms with E-state index in [1.165, 1.54) is 0 Å².